The molecular formula is C20H29ClN6O2. The number of unbranched alkanes of at least 4 members (excludes halogenated alkanes) is 4. The number of benzene rings is 1. The lowest BCUT2D eigenvalue weighted by atomic mass is 10.1. The molecule has 2 rings (SSSR count). The second kappa shape index (κ2) is 11.5. The van der Waals surface area contributed by atoms with Gasteiger partial charge in [0.2, 0.25) is 11.8 Å². The second-order valence-corrected chi connectivity index (χ2v) is 7.69. The predicted octanol–water partition coefficient (Wildman–Crippen LogP) is 4.14. The molecule has 0 bridgehead atoms. The zero-order valence-corrected chi connectivity index (χ0v) is 17.8. The maximum Gasteiger partial charge on any atom is 0.329 e. The molecule has 0 fully saturated rings. The van der Waals surface area contributed by atoms with E-state index < -0.39 is 4.92 Å². The van der Waals surface area contributed by atoms with Gasteiger partial charge in [0.15, 0.2) is 0 Å². The average Bonchev–Trinajstić information content (AvgIpc) is 2.67. The standard InChI is InChI=1S/C20H29ClN6O2/c1-25(2)12-8-4-3-5-9-13-26(15-16-10-6-7-11-17(16)21)19-18(27(28)29)14-23-20(22)24-19/h6-7,10-11,14H,3-5,8-9,12-13,15H2,1-2H3,(H2,22,23,24). The van der Waals surface area contributed by atoms with Crippen molar-refractivity contribution in [3.8, 4) is 0 Å². The van der Waals surface area contributed by atoms with Crippen molar-refractivity contribution in [2.24, 2.45) is 0 Å². The molecular weight excluding hydrogens is 392 g/mol. The molecule has 0 saturated carbocycles. The summed E-state index contributed by atoms with van der Waals surface area (Å²) in [7, 11) is 4.15. The first kappa shape index (κ1) is 22.8. The highest BCUT2D eigenvalue weighted by atomic mass is 35.5. The SMILES string of the molecule is CN(C)CCCCCCCN(Cc1ccccc1Cl)c1nc(N)ncc1[N+](=O)[O-]. The number of rotatable bonds is 12. The monoisotopic (exact) mass is 420 g/mol. The van der Waals surface area contributed by atoms with Gasteiger partial charge in [0, 0.05) is 18.1 Å². The van der Waals surface area contributed by atoms with Crippen LogP contribution in [0.3, 0.4) is 0 Å². The molecule has 1 heterocycles. The van der Waals surface area contributed by atoms with Crippen molar-refractivity contribution in [1.29, 1.82) is 0 Å². The molecule has 2 N–H and O–H groups in total. The van der Waals surface area contributed by atoms with E-state index in [0.717, 1.165) is 31.4 Å². The summed E-state index contributed by atoms with van der Waals surface area (Å²) in [4.78, 5) is 23.0. The van der Waals surface area contributed by atoms with Crippen LogP contribution in [0, 0.1) is 10.1 Å². The summed E-state index contributed by atoms with van der Waals surface area (Å²) in [5, 5.41) is 12.1. The van der Waals surface area contributed by atoms with Crippen molar-refractivity contribution in [1.82, 2.24) is 14.9 Å². The Kier molecular flexibility index (Phi) is 9.08. The molecule has 1 aromatic heterocycles. The topological polar surface area (TPSA) is 101 Å². The number of hydrogen-bond donors (Lipinski definition) is 1. The fourth-order valence-corrected chi connectivity index (χ4v) is 3.29. The minimum Gasteiger partial charge on any atom is -0.368 e. The molecule has 158 valence electrons. The van der Waals surface area contributed by atoms with Crippen molar-refractivity contribution in [3.63, 3.8) is 0 Å². The first-order chi connectivity index (χ1) is 13.9. The molecule has 0 aliphatic heterocycles. The van der Waals surface area contributed by atoms with Crippen molar-refractivity contribution < 1.29 is 4.92 Å². The van der Waals surface area contributed by atoms with Crippen LogP contribution in [0.5, 0.6) is 0 Å². The Labute approximate surface area is 176 Å². The quantitative estimate of drug-likeness (QED) is 0.312. The molecule has 0 unspecified atom stereocenters. The van der Waals surface area contributed by atoms with Crippen LogP contribution in [0.4, 0.5) is 17.5 Å². The van der Waals surface area contributed by atoms with Crippen LogP contribution >= 0.6 is 11.6 Å². The minimum atomic E-state index is -0.477. The van der Waals surface area contributed by atoms with Crippen LogP contribution in [-0.4, -0.2) is 47.0 Å². The van der Waals surface area contributed by atoms with Gasteiger partial charge in [-0.1, -0.05) is 49.1 Å². The van der Waals surface area contributed by atoms with Crippen LogP contribution in [0.2, 0.25) is 5.02 Å². The average molecular weight is 421 g/mol. The fraction of sp³-hybridized carbons (Fsp3) is 0.500. The first-order valence-electron chi connectivity index (χ1n) is 9.78. The first-order valence-corrected chi connectivity index (χ1v) is 10.2. The Morgan fingerprint density at radius 1 is 1.10 bits per heavy atom. The molecule has 0 spiro atoms. The number of halogens is 1. The van der Waals surface area contributed by atoms with E-state index >= 15 is 0 Å². The number of hydrogen-bond acceptors (Lipinski definition) is 7. The third-order valence-electron chi connectivity index (χ3n) is 4.62. The van der Waals surface area contributed by atoms with Crippen LogP contribution in [0.1, 0.15) is 37.7 Å². The van der Waals surface area contributed by atoms with E-state index in [1.807, 2.05) is 29.2 Å². The molecule has 0 atom stereocenters. The van der Waals surface area contributed by atoms with E-state index in [4.69, 9.17) is 17.3 Å². The molecule has 8 nitrogen and oxygen atoms in total. The summed E-state index contributed by atoms with van der Waals surface area (Å²) in [6.07, 6.45) is 6.57. The molecule has 0 radical (unpaired) electrons. The van der Waals surface area contributed by atoms with Gasteiger partial charge in [-0.3, -0.25) is 10.1 Å². The van der Waals surface area contributed by atoms with Crippen molar-refractivity contribution in [3.05, 3.63) is 51.2 Å². The van der Waals surface area contributed by atoms with Crippen LogP contribution in [0.25, 0.3) is 0 Å². The molecule has 29 heavy (non-hydrogen) atoms. The van der Waals surface area contributed by atoms with E-state index in [0.29, 0.717) is 18.1 Å². The summed E-state index contributed by atoms with van der Waals surface area (Å²) in [6, 6.07) is 7.47. The Bertz CT molecular complexity index is 802. The highest BCUT2D eigenvalue weighted by molar-refractivity contribution is 6.31. The molecule has 0 saturated heterocycles. The van der Waals surface area contributed by atoms with E-state index in [-0.39, 0.29) is 17.5 Å². The van der Waals surface area contributed by atoms with Gasteiger partial charge in [0.05, 0.1) is 4.92 Å². The lowest BCUT2D eigenvalue weighted by Crippen LogP contribution is -2.26. The van der Waals surface area contributed by atoms with Gasteiger partial charge in [-0.25, -0.2) is 4.98 Å². The highest BCUT2D eigenvalue weighted by Gasteiger charge is 2.23. The highest BCUT2D eigenvalue weighted by Crippen LogP contribution is 2.29. The maximum absolute atomic E-state index is 11.5. The number of anilines is 2. The Morgan fingerprint density at radius 3 is 2.41 bits per heavy atom. The summed E-state index contributed by atoms with van der Waals surface area (Å²) in [5.41, 5.74) is 6.45. The predicted molar refractivity (Wildman–Crippen MR) is 117 cm³/mol. The Balaban J connectivity index is 2.10. The van der Waals surface area contributed by atoms with Crippen LogP contribution < -0.4 is 10.6 Å². The molecule has 0 aliphatic carbocycles. The molecule has 0 amide bonds. The van der Waals surface area contributed by atoms with Gasteiger partial charge in [0.25, 0.3) is 0 Å². The molecule has 9 heteroatoms. The normalized spacial score (nSPS) is 11.0. The number of nitro groups is 1. The number of nitrogen functional groups attached to an aromatic ring is 1. The molecule has 2 aromatic rings. The number of nitrogens with zero attached hydrogens (tertiary/aromatic N) is 5. The van der Waals surface area contributed by atoms with E-state index in [1.54, 1.807) is 0 Å². The number of nitrogens with two attached hydrogens (primary N) is 1. The third-order valence-corrected chi connectivity index (χ3v) is 4.99. The van der Waals surface area contributed by atoms with Gasteiger partial charge < -0.3 is 15.5 Å². The smallest absolute Gasteiger partial charge is 0.329 e. The van der Waals surface area contributed by atoms with Crippen LogP contribution in [0.15, 0.2) is 30.5 Å². The van der Waals surface area contributed by atoms with E-state index in [9.17, 15) is 10.1 Å². The van der Waals surface area contributed by atoms with E-state index in [2.05, 4.69) is 29.0 Å². The molecule has 0 aliphatic rings. The number of aromatic nitrogens is 2. The van der Waals surface area contributed by atoms with Gasteiger partial charge in [0.1, 0.15) is 6.20 Å². The van der Waals surface area contributed by atoms with Crippen molar-refractivity contribution in [2.75, 3.05) is 37.8 Å². The maximum atomic E-state index is 11.5. The Hall–Kier alpha value is -2.45. The second-order valence-electron chi connectivity index (χ2n) is 7.28. The van der Waals surface area contributed by atoms with Gasteiger partial charge in [-0.05, 0) is 45.1 Å². The lowest BCUT2D eigenvalue weighted by molar-refractivity contribution is -0.384. The summed E-state index contributed by atoms with van der Waals surface area (Å²) < 4.78 is 0. The fourth-order valence-electron chi connectivity index (χ4n) is 3.09. The lowest BCUT2D eigenvalue weighted by Gasteiger charge is -2.24. The van der Waals surface area contributed by atoms with Crippen molar-refractivity contribution >= 4 is 29.1 Å². The van der Waals surface area contributed by atoms with Gasteiger partial charge in [-0.2, -0.15) is 4.98 Å². The summed E-state index contributed by atoms with van der Waals surface area (Å²) >= 11 is 6.31. The van der Waals surface area contributed by atoms with E-state index in [1.165, 1.54) is 19.0 Å². The summed E-state index contributed by atoms with van der Waals surface area (Å²) in [6.45, 7) is 2.12. The minimum absolute atomic E-state index is 0.0124. The third kappa shape index (κ3) is 7.47. The van der Waals surface area contributed by atoms with Crippen LogP contribution in [-0.2, 0) is 6.54 Å². The Morgan fingerprint density at radius 2 is 1.76 bits per heavy atom. The van der Waals surface area contributed by atoms with Crippen molar-refractivity contribution in [2.45, 2.75) is 38.6 Å². The summed E-state index contributed by atoms with van der Waals surface area (Å²) in [5.74, 6) is 0.244. The molecule has 1 aromatic carbocycles. The van der Waals surface area contributed by atoms with Gasteiger partial charge >= 0.3 is 5.69 Å². The zero-order valence-electron chi connectivity index (χ0n) is 17.1. The zero-order chi connectivity index (χ0) is 21.2. The van der Waals surface area contributed by atoms with Gasteiger partial charge in [-0.15, -0.1) is 0 Å². The largest absolute Gasteiger partial charge is 0.368 e.